The summed E-state index contributed by atoms with van der Waals surface area (Å²) in [7, 11) is 0. The van der Waals surface area contributed by atoms with Gasteiger partial charge in [0, 0.05) is 16.0 Å². The first-order valence-electron chi connectivity index (χ1n) is 5.78. The number of nitro groups is 1. The van der Waals surface area contributed by atoms with Gasteiger partial charge >= 0.3 is 5.69 Å². The molecule has 2 aromatic rings. The Kier molecular flexibility index (Phi) is 4.27. The molecule has 0 saturated heterocycles. The number of aliphatic hydroxyl groups is 1. The maximum atomic E-state index is 11.0. The fourth-order valence-corrected chi connectivity index (χ4v) is 2.66. The van der Waals surface area contributed by atoms with Crippen molar-refractivity contribution in [2.75, 3.05) is 0 Å². The monoisotopic (exact) mass is 313 g/mol. The number of rotatable bonds is 4. The highest BCUT2D eigenvalue weighted by molar-refractivity contribution is 7.14. The zero-order valence-corrected chi connectivity index (χ0v) is 12.4. The molecule has 106 valence electrons. The number of aryl methyl sites for hydroxylation is 1. The van der Waals surface area contributed by atoms with Gasteiger partial charge in [0.25, 0.3) is 5.06 Å². The van der Waals surface area contributed by atoms with Crippen LogP contribution in [-0.2, 0) is 0 Å². The molecule has 0 amide bonds. The van der Waals surface area contributed by atoms with Gasteiger partial charge in [-0.3, -0.25) is 10.1 Å². The van der Waals surface area contributed by atoms with E-state index in [2.05, 4.69) is 0 Å². The largest absolute Gasteiger partial charge is 0.440 e. The smallest absolute Gasteiger partial charge is 0.323 e. The molecule has 1 aromatic carbocycles. The number of thiophene rings is 1. The van der Waals surface area contributed by atoms with Crippen LogP contribution in [0.25, 0.3) is 0 Å². The van der Waals surface area contributed by atoms with E-state index in [0.29, 0.717) is 15.6 Å². The fraction of sp³-hybridized carbons (Fsp3) is 0.231. The van der Waals surface area contributed by atoms with Crippen molar-refractivity contribution in [1.29, 1.82) is 0 Å². The number of halogens is 1. The van der Waals surface area contributed by atoms with E-state index >= 15 is 0 Å². The second-order valence-electron chi connectivity index (χ2n) is 4.27. The number of hydrogen-bond donors (Lipinski definition) is 1. The Hall–Kier alpha value is -1.63. The molecule has 0 aliphatic heterocycles. The summed E-state index contributed by atoms with van der Waals surface area (Å²) < 4.78 is 5.59. The van der Waals surface area contributed by atoms with Crippen molar-refractivity contribution in [2.24, 2.45) is 0 Å². The van der Waals surface area contributed by atoms with Crippen LogP contribution in [0.4, 0.5) is 5.69 Å². The van der Waals surface area contributed by atoms with E-state index in [1.807, 2.05) is 6.92 Å². The molecule has 0 spiro atoms. The molecule has 1 heterocycles. The zero-order valence-electron chi connectivity index (χ0n) is 10.8. The fourth-order valence-electron chi connectivity index (χ4n) is 1.57. The molecule has 0 fully saturated rings. The topological polar surface area (TPSA) is 72.6 Å². The lowest BCUT2D eigenvalue weighted by atomic mass is 10.2. The van der Waals surface area contributed by atoms with E-state index in [4.69, 9.17) is 16.3 Å². The Morgan fingerprint density at radius 1 is 1.45 bits per heavy atom. The molecular formula is C13H12ClNO4S. The Bertz CT molecular complexity index is 654. The highest BCUT2D eigenvalue weighted by Gasteiger charge is 2.23. The number of nitrogens with zero attached hydrogens (tertiary/aromatic N) is 1. The highest BCUT2D eigenvalue weighted by Crippen LogP contribution is 2.42. The van der Waals surface area contributed by atoms with Gasteiger partial charge in [0.05, 0.1) is 11.0 Å². The molecular weight excluding hydrogens is 302 g/mol. The van der Waals surface area contributed by atoms with E-state index in [1.165, 1.54) is 6.07 Å². The van der Waals surface area contributed by atoms with Gasteiger partial charge in [0.2, 0.25) is 0 Å². The molecule has 1 aromatic heterocycles. The summed E-state index contributed by atoms with van der Waals surface area (Å²) in [6, 6.07) is 6.41. The van der Waals surface area contributed by atoms with Crippen LogP contribution in [0.15, 0.2) is 24.3 Å². The van der Waals surface area contributed by atoms with Crippen LogP contribution in [0.2, 0.25) is 5.02 Å². The summed E-state index contributed by atoms with van der Waals surface area (Å²) in [5.41, 5.74) is 0.654. The minimum absolute atomic E-state index is 0.135. The molecule has 0 unspecified atom stereocenters. The van der Waals surface area contributed by atoms with E-state index in [-0.39, 0.29) is 10.8 Å². The Labute approximate surface area is 124 Å². The normalized spacial score (nSPS) is 12.2. The van der Waals surface area contributed by atoms with Crippen LogP contribution in [0.5, 0.6) is 10.8 Å². The van der Waals surface area contributed by atoms with Gasteiger partial charge in [-0.15, -0.1) is 0 Å². The van der Waals surface area contributed by atoms with Crippen molar-refractivity contribution >= 4 is 28.6 Å². The first-order chi connectivity index (χ1) is 9.38. The van der Waals surface area contributed by atoms with Crippen molar-refractivity contribution in [1.82, 2.24) is 0 Å². The van der Waals surface area contributed by atoms with Crippen molar-refractivity contribution in [3.8, 4) is 10.8 Å². The van der Waals surface area contributed by atoms with Crippen molar-refractivity contribution in [2.45, 2.75) is 20.0 Å². The average molecular weight is 314 g/mol. The van der Waals surface area contributed by atoms with Gasteiger partial charge in [0.1, 0.15) is 5.75 Å². The number of hydrogen-bond acceptors (Lipinski definition) is 5. The number of ether oxygens (including phenoxy) is 1. The van der Waals surface area contributed by atoms with E-state index < -0.39 is 11.0 Å². The number of aliphatic hydroxyl groups excluding tert-OH is 1. The Morgan fingerprint density at radius 3 is 2.75 bits per heavy atom. The second kappa shape index (κ2) is 5.78. The molecule has 0 bridgehead atoms. The molecule has 1 atom stereocenters. The van der Waals surface area contributed by atoms with Gasteiger partial charge in [-0.2, -0.15) is 0 Å². The minimum Gasteiger partial charge on any atom is -0.440 e. The predicted octanol–water partition coefficient (Wildman–Crippen LogP) is 4.46. The van der Waals surface area contributed by atoms with E-state index in [0.717, 1.165) is 16.9 Å². The van der Waals surface area contributed by atoms with E-state index in [9.17, 15) is 15.2 Å². The molecule has 7 heteroatoms. The van der Waals surface area contributed by atoms with Crippen LogP contribution >= 0.6 is 22.9 Å². The third-order valence-electron chi connectivity index (χ3n) is 2.66. The van der Waals surface area contributed by atoms with Crippen LogP contribution in [-0.4, -0.2) is 10.0 Å². The Balaban J connectivity index is 2.42. The first kappa shape index (κ1) is 14.8. The van der Waals surface area contributed by atoms with Crippen LogP contribution < -0.4 is 4.74 Å². The lowest BCUT2D eigenvalue weighted by molar-refractivity contribution is -0.385. The lowest BCUT2D eigenvalue weighted by Crippen LogP contribution is -1.91. The van der Waals surface area contributed by atoms with Gasteiger partial charge in [0.15, 0.2) is 0 Å². The lowest BCUT2D eigenvalue weighted by Gasteiger charge is -2.06. The molecule has 0 aliphatic rings. The quantitative estimate of drug-likeness (QED) is 0.668. The maximum Gasteiger partial charge on any atom is 0.323 e. The van der Waals surface area contributed by atoms with Gasteiger partial charge in [-0.05, 0) is 31.5 Å². The molecule has 0 saturated carbocycles. The van der Waals surface area contributed by atoms with Crippen LogP contribution in [0, 0.1) is 17.0 Å². The number of benzene rings is 1. The zero-order chi connectivity index (χ0) is 14.9. The SMILES string of the molecule is Cc1ccc(Cl)cc1Oc1sc([C@@H](C)O)cc1[N+](=O)[O-]. The molecule has 20 heavy (non-hydrogen) atoms. The third kappa shape index (κ3) is 3.09. The maximum absolute atomic E-state index is 11.0. The summed E-state index contributed by atoms with van der Waals surface area (Å²) in [4.78, 5) is 11.0. The summed E-state index contributed by atoms with van der Waals surface area (Å²) in [6.07, 6.45) is -0.781. The molecule has 0 radical (unpaired) electrons. The summed E-state index contributed by atoms with van der Waals surface area (Å²) in [5.74, 6) is 0.458. The van der Waals surface area contributed by atoms with E-state index in [1.54, 1.807) is 25.1 Å². The first-order valence-corrected chi connectivity index (χ1v) is 6.98. The molecule has 5 nitrogen and oxygen atoms in total. The van der Waals surface area contributed by atoms with Crippen molar-refractivity contribution in [3.63, 3.8) is 0 Å². The Morgan fingerprint density at radius 2 is 2.15 bits per heavy atom. The summed E-state index contributed by atoms with van der Waals surface area (Å²) in [5, 5.41) is 21.2. The van der Waals surface area contributed by atoms with Gasteiger partial charge in [-0.1, -0.05) is 29.0 Å². The molecule has 2 rings (SSSR count). The van der Waals surface area contributed by atoms with Crippen molar-refractivity contribution < 1.29 is 14.8 Å². The summed E-state index contributed by atoms with van der Waals surface area (Å²) >= 11 is 6.94. The molecule has 1 N–H and O–H groups in total. The van der Waals surface area contributed by atoms with Crippen LogP contribution in [0.3, 0.4) is 0 Å². The molecule has 0 aliphatic carbocycles. The predicted molar refractivity (Wildman–Crippen MR) is 77.9 cm³/mol. The minimum atomic E-state index is -0.781. The van der Waals surface area contributed by atoms with Crippen molar-refractivity contribution in [3.05, 3.63) is 49.8 Å². The van der Waals surface area contributed by atoms with Gasteiger partial charge in [-0.25, -0.2) is 0 Å². The van der Waals surface area contributed by atoms with Gasteiger partial charge < -0.3 is 9.84 Å². The average Bonchev–Trinajstić information content (AvgIpc) is 2.78. The second-order valence-corrected chi connectivity index (χ2v) is 5.75. The third-order valence-corrected chi connectivity index (χ3v) is 4.07. The summed E-state index contributed by atoms with van der Waals surface area (Å²) in [6.45, 7) is 3.37. The highest BCUT2D eigenvalue weighted by atomic mass is 35.5. The van der Waals surface area contributed by atoms with Crippen LogP contribution in [0.1, 0.15) is 23.5 Å². The standard InChI is InChI=1S/C13H12ClNO4S/c1-7-3-4-9(14)5-11(7)19-13-10(15(17)18)6-12(20-13)8(2)16/h3-6,8,16H,1-2H3/t8-/m1/s1.